The van der Waals surface area contributed by atoms with Crippen LogP contribution in [-0.4, -0.2) is 70.3 Å². The summed E-state index contributed by atoms with van der Waals surface area (Å²) in [5, 5.41) is 5.18. The Morgan fingerprint density at radius 1 is 1.09 bits per heavy atom. The van der Waals surface area contributed by atoms with Crippen LogP contribution >= 0.6 is 0 Å². The van der Waals surface area contributed by atoms with Crippen molar-refractivity contribution in [2.24, 2.45) is 0 Å². The van der Waals surface area contributed by atoms with Crippen molar-refractivity contribution >= 4 is 35.4 Å². The number of nitrogens with zero attached hydrogens (tertiary/aromatic N) is 2. The van der Waals surface area contributed by atoms with E-state index in [1.807, 2.05) is 0 Å². The minimum atomic E-state index is -1.15. The average Bonchev–Trinajstić information content (AvgIpc) is 3.00. The Hall–Kier alpha value is -3.50. The fourth-order valence-corrected chi connectivity index (χ4v) is 4.38. The number of fused-ring (bicyclic) bond motifs is 1. The maximum Gasteiger partial charge on any atom is 0.410 e. The normalized spacial score (nSPS) is 21.5. The lowest BCUT2D eigenvalue weighted by atomic mass is 10.0. The second kappa shape index (κ2) is 8.69. The predicted octanol–water partition coefficient (Wildman–Crippen LogP) is 2.04. The molecule has 1 atom stereocenters. The first kappa shape index (κ1) is 23.7. The van der Waals surface area contributed by atoms with Crippen LogP contribution in [0.15, 0.2) is 12.1 Å². The number of hydrogen-bond donors (Lipinski definition) is 2. The maximum absolute atomic E-state index is 15.3. The van der Waals surface area contributed by atoms with E-state index in [-0.39, 0.29) is 35.7 Å². The van der Waals surface area contributed by atoms with E-state index < -0.39 is 47.2 Å². The number of hydrogen-bond acceptors (Lipinski definition) is 7. The standard InChI is InChI=1S/C23H27FN4O6/c1-23(2,3)34-22(33)27-10-8-12(9-11-27)25-14-5-4-13-17(18(14)24)21(32)28(20(13)31)15-6-7-16(29)26-19(15)30/h4-5,12,15,25H,6-11H2,1-3H3,(H,26,29,30). The number of imide groups is 2. The maximum atomic E-state index is 15.3. The molecule has 2 fully saturated rings. The molecule has 182 valence electrons. The van der Waals surface area contributed by atoms with E-state index in [9.17, 15) is 24.0 Å². The van der Waals surface area contributed by atoms with E-state index in [0.717, 1.165) is 4.90 Å². The number of piperidine rings is 2. The number of halogens is 1. The van der Waals surface area contributed by atoms with Crippen LogP contribution in [0.3, 0.4) is 0 Å². The zero-order valence-corrected chi connectivity index (χ0v) is 19.3. The number of carbonyl (C=O) groups is 5. The summed E-state index contributed by atoms with van der Waals surface area (Å²) in [5.74, 6) is -3.74. The van der Waals surface area contributed by atoms with Crippen molar-refractivity contribution in [1.29, 1.82) is 0 Å². The van der Waals surface area contributed by atoms with Gasteiger partial charge in [0.15, 0.2) is 5.82 Å². The number of likely N-dealkylation sites (tertiary alicyclic amines) is 1. The molecule has 3 aliphatic rings. The molecule has 2 N–H and O–H groups in total. The smallest absolute Gasteiger partial charge is 0.410 e. The second-order valence-electron chi connectivity index (χ2n) is 9.68. The SMILES string of the molecule is CC(C)(C)OC(=O)N1CCC(Nc2ccc3c(c2F)C(=O)N(C2CCC(=O)NC2=O)C3=O)CC1. The molecule has 0 radical (unpaired) electrons. The average molecular weight is 474 g/mol. The molecule has 3 heterocycles. The van der Waals surface area contributed by atoms with Crippen LogP contribution in [0, 0.1) is 5.82 Å². The van der Waals surface area contributed by atoms with Crippen molar-refractivity contribution in [3.05, 3.63) is 29.1 Å². The molecule has 1 aromatic rings. The fraction of sp³-hybridized carbons (Fsp3) is 0.522. The third-order valence-corrected chi connectivity index (χ3v) is 6.05. The summed E-state index contributed by atoms with van der Waals surface area (Å²) in [5.41, 5.74) is -1.02. The van der Waals surface area contributed by atoms with Gasteiger partial charge in [0.25, 0.3) is 11.8 Å². The lowest BCUT2D eigenvalue weighted by Crippen LogP contribution is -2.54. The van der Waals surface area contributed by atoms with Crippen LogP contribution in [0.1, 0.15) is 67.2 Å². The lowest BCUT2D eigenvalue weighted by molar-refractivity contribution is -0.136. The molecular weight excluding hydrogens is 447 g/mol. The van der Waals surface area contributed by atoms with Crippen LogP contribution in [-0.2, 0) is 14.3 Å². The third kappa shape index (κ3) is 4.46. The summed E-state index contributed by atoms with van der Waals surface area (Å²) in [6.45, 7) is 6.25. The Morgan fingerprint density at radius 2 is 1.76 bits per heavy atom. The third-order valence-electron chi connectivity index (χ3n) is 6.05. The highest BCUT2D eigenvalue weighted by atomic mass is 19.1. The van der Waals surface area contributed by atoms with Gasteiger partial charge in [-0.25, -0.2) is 9.18 Å². The van der Waals surface area contributed by atoms with Crippen LogP contribution in [0.5, 0.6) is 0 Å². The summed E-state index contributed by atoms with van der Waals surface area (Å²) in [6.07, 6.45) is 0.684. The van der Waals surface area contributed by atoms with Crippen molar-refractivity contribution in [3.8, 4) is 0 Å². The fourth-order valence-electron chi connectivity index (χ4n) is 4.38. The van der Waals surface area contributed by atoms with E-state index in [1.54, 1.807) is 25.7 Å². The molecule has 4 rings (SSSR count). The van der Waals surface area contributed by atoms with Crippen LogP contribution < -0.4 is 10.6 Å². The highest BCUT2D eigenvalue weighted by molar-refractivity contribution is 6.24. The number of nitrogens with one attached hydrogen (secondary N) is 2. The molecule has 34 heavy (non-hydrogen) atoms. The van der Waals surface area contributed by atoms with Gasteiger partial charge in [0.05, 0.1) is 16.8 Å². The Bertz CT molecular complexity index is 1070. The molecule has 0 spiro atoms. The zero-order chi connectivity index (χ0) is 24.8. The number of anilines is 1. The van der Waals surface area contributed by atoms with Crippen molar-refractivity contribution in [2.45, 2.75) is 64.1 Å². The van der Waals surface area contributed by atoms with Crippen molar-refractivity contribution in [1.82, 2.24) is 15.1 Å². The molecule has 1 unspecified atom stereocenters. The van der Waals surface area contributed by atoms with E-state index in [0.29, 0.717) is 25.9 Å². The first-order valence-corrected chi connectivity index (χ1v) is 11.2. The predicted molar refractivity (Wildman–Crippen MR) is 118 cm³/mol. The minimum absolute atomic E-state index is 0.000909. The van der Waals surface area contributed by atoms with E-state index in [1.165, 1.54) is 12.1 Å². The summed E-state index contributed by atoms with van der Waals surface area (Å²) >= 11 is 0. The van der Waals surface area contributed by atoms with Gasteiger partial charge in [-0.3, -0.25) is 29.4 Å². The van der Waals surface area contributed by atoms with Crippen LogP contribution in [0.25, 0.3) is 0 Å². The summed E-state index contributed by atoms with van der Waals surface area (Å²) in [7, 11) is 0. The number of benzene rings is 1. The van der Waals surface area contributed by atoms with Crippen molar-refractivity contribution in [3.63, 3.8) is 0 Å². The highest BCUT2D eigenvalue weighted by Gasteiger charge is 2.46. The van der Waals surface area contributed by atoms with Gasteiger partial charge in [-0.05, 0) is 52.2 Å². The number of ether oxygens (including phenoxy) is 1. The molecule has 2 saturated heterocycles. The molecule has 1 aromatic carbocycles. The molecule has 5 amide bonds. The largest absolute Gasteiger partial charge is 0.444 e. The van der Waals surface area contributed by atoms with Crippen LogP contribution in [0.4, 0.5) is 14.9 Å². The first-order valence-electron chi connectivity index (χ1n) is 11.2. The highest BCUT2D eigenvalue weighted by Crippen LogP contribution is 2.33. The number of carbonyl (C=O) groups excluding carboxylic acids is 5. The molecule has 10 nitrogen and oxygen atoms in total. The van der Waals surface area contributed by atoms with Gasteiger partial charge in [0.1, 0.15) is 11.6 Å². The Balaban J connectivity index is 1.45. The van der Waals surface area contributed by atoms with E-state index in [4.69, 9.17) is 4.74 Å². The first-order chi connectivity index (χ1) is 16.0. The zero-order valence-electron chi connectivity index (χ0n) is 19.3. The summed E-state index contributed by atoms with van der Waals surface area (Å²) < 4.78 is 20.7. The second-order valence-corrected chi connectivity index (χ2v) is 9.68. The van der Waals surface area contributed by atoms with Crippen LogP contribution in [0.2, 0.25) is 0 Å². The topological polar surface area (TPSA) is 125 Å². The molecule has 0 bridgehead atoms. The Labute approximate surface area is 195 Å². The molecule has 11 heteroatoms. The van der Waals surface area contributed by atoms with Gasteiger partial charge in [0, 0.05) is 25.6 Å². The number of amides is 5. The van der Waals surface area contributed by atoms with Gasteiger partial charge in [-0.15, -0.1) is 0 Å². The van der Waals surface area contributed by atoms with E-state index >= 15 is 4.39 Å². The summed E-state index contributed by atoms with van der Waals surface area (Å²) in [6, 6.07) is 1.46. The van der Waals surface area contributed by atoms with E-state index in [2.05, 4.69) is 10.6 Å². The molecule has 3 aliphatic heterocycles. The summed E-state index contributed by atoms with van der Waals surface area (Å²) in [4.78, 5) is 63.9. The van der Waals surface area contributed by atoms with Gasteiger partial charge in [-0.2, -0.15) is 0 Å². The number of rotatable bonds is 3. The molecule has 0 aromatic heterocycles. The minimum Gasteiger partial charge on any atom is -0.444 e. The quantitative estimate of drug-likeness (QED) is 0.642. The van der Waals surface area contributed by atoms with Gasteiger partial charge in [-0.1, -0.05) is 0 Å². The van der Waals surface area contributed by atoms with Gasteiger partial charge in [0.2, 0.25) is 11.8 Å². The molecule has 0 saturated carbocycles. The molecular formula is C23H27FN4O6. The van der Waals surface area contributed by atoms with Crippen molar-refractivity contribution < 1.29 is 33.1 Å². The van der Waals surface area contributed by atoms with Crippen molar-refractivity contribution in [2.75, 3.05) is 18.4 Å². The van der Waals surface area contributed by atoms with Gasteiger partial charge >= 0.3 is 6.09 Å². The Kier molecular flexibility index (Phi) is 6.05. The molecule has 0 aliphatic carbocycles. The monoisotopic (exact) mass is 474 g/mol. The van der Waals surface area contributed by atoms with Gasteiger partial charge < -0.3 is 15.0 Å². The Morgan fingerprint density at radius 3 is 2.38 bits per heavy atom. The lowest BCUT2D eigenvalue weighted by Gasteiger charge is -2.34.